The minimum absolute atomic E-state index is 0.0535. The maximum absolute atomic E-state index is 10.8. The molecule has 1 unspecified atom stereocenters. The van der Waals surface area contributed by atoms with Gasteiger partial charge < -0.3 is 0 Å². The Morgan fingerprint density at radius 2 is 2.00 bits per heavy atom. The van der Waals surface area contributed by atoms with Gasteiger partial charge in [-0.25, -0.2) is 0 Å². The van der Waals surface area contributed by atoms with Gasteiger partial charge >= 0.3 is 86.1 Å². The Bertz CT molecular complexity index is 450. The molecule has 0 spiro atoms. The summed E-state index contributed by atoms with van der Waals surface area (Å²) in [5, 5.41) is 20.2. The first kappa shape index (κ1) is 11.5. The Morgan fingerprint density at radius 3 is 2.47 bits per heavy atom. The summed E-state index contributed by atoms with van der Waals surface area (Å²) in [5.74, 6) is 1.11. The third kappa shape index (κ3) is 3.26. The fourth-order valence-electron chi connectivity index (χ4n) is 1.05. The van der Waals surface area contributed by atoms with Crippen LogP contribution < -0.4 is 5.32 Å². The number of aliphatic carboxylic acids is 1. The molecule has 1 atom stereocenters. The summed E-state index contributed by atoms with van der Waals surface area (Å²) in [4.78, 5) is 10.8. The fourth-order valence-corrected chi connectivity index (χ4v) is 1.23. The third-order valence-electron chi connectivity index (χ3n) is 1.73. The van der Waals surface area contributed by atoms with Crippen LogP contribution in [0.5, 0.6) is 5.75 Å². The number of rotatable bonds is 3. The Balaban J connectivity index is 2.96. The van der Waals surface area contributed by atoms with E-state index in [1.54, 1.807) is 0 Å². The van der Waals surface area contributed by atoms with E-state index in [0.29, 0.717) is 5.56 Å². The van der Waals surface area contributed by atoms with Crippen LogP contribution in [-0.2, 0) is 9.36 Å². The standard InChI is InChI=1S/C9H8NO4P/c11-7-3-1-6(2-4-7)8(9(12)13)10-5-15-14/h1-4,8,10-11H,(H,12,13). The van der Waals surface area contributed by atoms with Crippen molar-refractivity contribution in [3.05, 3.63) is 29.8 Å². The second-order valence-electron chi connectivity index (χ2n) is 2.71. The van der Waals surface area contributed by atoms with Crippen molar-refractivity contribution < 1.29 is 19.6 Å². The van der Waals surface area contributed by atoms with Crippen LogP contribution in [0, 0.1) is 5.75 Å². The van der Waals surface area contributed by atoms with Crippen molar-refractivity contribution >= 4 is 13.9 Å². The van der Waals surface area contributed by atoms with Crippen LogP contribution in [0.2, 0.25) is 0 Å². The molecule has 0 fully saturated rings. The van der Waals surface area contributed by atoms with Gasteiger partial charge in [0.1, 0.15) is 0 Å². The molecule has 0 aliphatic rings. The zero-order chi connectivity index (χ0) is 11.3. The molecule has 15 heavy (non-hydrogen) atoms. The molecule has 0 radical (unpaired) electrons. The molecule has 78 valence electrons. The minimum atomic E-state index is -1.11. The number of phenolic OH excluding ortho intramolecular Hbond substituents is 1. The van der Waals surface area contributed by atoms with Crippen molar-refractivity contribution in [3.8, 4) is 11.5 Å². The van der Waals surface area contributed by atoms with E-state index in [-0.39, 0.29) is 5.75 Å². The molecule has 0 aliphatic carbocycles. The first-order chi connectivity index (χ1) is 7.15. The van der Waals surface area contributed by atoms with Crippen LogP contribution in [-0.4, -0.2) is 16.2 Å². The van der Waals surface area contributed by atoms with E-state index in [9.17, 15) is 9.36 Å². The third-order valence-corrected chi connectivity index (χ3v) is 1.95. The molecular weight excluding hydrogens is 217 g/mol. The van der Waals surface area contributed by atoms with Gasteiger partial charge in [0, 0.05) is 0 Å². The number of aromatic hydroxyl groups is 1. The number of nitrogens with one attached hydrogen (secondary N) is 1. The second-order valence-corrected chi connectivity index (χ2v) is 3.12. The van der Waals surface area contributed by atoms with E-state index in [1.807, 2.05) is 0 Å². The summed E-state index contributed by atoms with van der Waals surface area (Å²) in [6.07, 6.45) is 0. The van der Waals surface area contributed by atoms with Gasteiger partial charge in [0.05, 0.1) is 0 Å². The quantitative estimate of drug-likeness (QED) is 0.533. The molecule has 0 saturated carbocycles. The fraction of sp³-hybridized carbons (Fsp3) is 0.111. The predicted octanol–water partition coefficient (Wildman–Crippen LogP) is 1.32. The van der Waals surface area contributed by atoms with Crippen molar-refractivity contribution in [1.82, 2.24) is 5.32 Å². The van der Waals surface area contributed by atoms with Crippen LogP contribution >= 0.6 is 7.92 Å². The number of carboxylic acids is 1. The van der Waals surface area contributed by atoms with Crippen LogP contribution in [0.3, 0.4) is 0 Å². The van der Waals surface area contributed by atoms with Gasteiger partial charge in [0.15, 0.2) is 0 Å². The van der Waals surface area contributed by atoms with Gasteiger partial charge in [0.2, 0.25) is 0 Å². The van der Waals surface area contributed by atoms with Crippen LogP contribution in [0.25, 0.3) is 0 Å². The normalized spacial score (nSPS) is 11.5. The summed E-state index contributed by atoms with van der Waals surface area (Å²) >= 11 is 0. The molecule has 0 heterocycles. The molecule has 1 aromatic carbocycles. The molecule has 1 aromatic rings. The van der Waals surface area contributed by atoms with Gasteiger partial charge in [-0.15, -0.1) is 0 Å². The number of benzene rings is 1. The monoisotopic (exact) mass is 225 g/mol. The Hall–Kier alpha value is -1.54. The summed E-state index contributed by atoms with van der Waals surface area (Å²) in [7, 11) is -0.408. The molecule has 0 saturated heterocycles. The topological polar surface area (TPSA) is 86.6 Å². The SMILES string of the molecule is O=P#CNC(C(=O)O)c1ccc(O)cc1. The van der Waals surface area contributed by atoms with Gasteiger partial charge in [-0.05, 0) is 0 Å². The van der Waals surface area contributed by atoms with Crippen LogP contribution in [0.15, 0.2) is 24.3 Å². The Morgan fingerprint density at radius 1 is 1.40 bits per heavy atom. The Labute approximate surface area is 86.9 Å². The number of hydrogen-bond acceptors (Lipinski definition) is 4. The van der Waals surface area contributed by atoms with Crippen molar-refractivity contribution in [2.24, 2.45) is 0 Å². The van der Waals surface area contributed by atoms with Crippen LogP contribution in [0.4, 0.5) is 0 Å². The van der Waals surface area contributed by atoms with Crippen molar-refractivity contribution in [2.45, 2.75) is 6.04 Å². The maximum atomic E-state index is 10.8. The van der Waals surface area contributed by atoms with E-state index < -0.39 is 19.9 Å². The van der Waals surface area contributed by atoms with E-state index in [1.165, 1.54) is 24.3 Å². The van der Waals surface area contributed by atoms with Crippen molar-refractivity contribution in [2.75, 3.05) is 0 Å². The zero-order valence-electron chi connectivity index (χ0n) is 7.54. The number of hydrogen-bond donors (Lipinski definition) is 3. The molecule has 0 bridgehead atoms. The molecule has 1 rings (SSSR count). The van der Waals surface area contributed by atoms with Crippen molar-refractivity contribution in [3.63, 3.8) is 0 Å². The van der Waals surface area contributed by atoms with Crippen molar-refractivity contribution in [1.29, 1.82) is 0 Å². The molecule has 0 aromatic heterocycles. The van der Waals surface area contributed by atoms with Gasteiger partial charge in [0.25, 0.3) is 0 Å². The number of phenols is 1. The van der Waals surface area contributed by atoms with Crippen LogP contribution in [0.1, 0.15) is 11.6 Å². The van der Waals surface area contributed by atoms with E-state index >= 15 is 0 Å². The van der Waals surface area contributed by atoms with Gasteiger partial charge in [-0.1, -0.05) is 0 Å². The van der Waals surface area contributed by atoms with Gasteiger partial charge in [-0.3, -0.25) is 0 Å². The van der Waals surface area contributed by atoms with Gasteiger partial charge in [-0.2, -0.15) is 0 Å². The first-order valence-corrected chi connectivity index (χ1v) is 4.81. The first-order valence-electron chi connectivity index (χ1n) is 3.99. The molecular formula is C9H8NO4P. The molecule has 0 amide bonds. The molecule has 3 N–H and O–H groups in total. The Kier molecular flexibility index (Phi) is 4.13. The van der Waals surface area contributed by atoms with E-state index in [0.717, 1.165) is 0 Å². The summed E-state index contributed by atoms with van der Waals surface area (Å²) in [6, 6.07) is 4.66. The van der Waals surface area contributed by atoms with E-state index in [4.69, 9.17) is 10.2 Å². The molecule has 0 aliphatic heterocycles. The predicted molar refractivity (Wildman–Crippen MR) is 53.1 cm³/mol. The summed E-state index contributed by atoms with van der Waals surface area (Å²) in [6.45, 7) is 0. The van der Waals surface area contributed by atoms with E-state index in [2.05, 4.69) is 11.1 Å². The zero-order valence-corrected chi connectivity index (χ0v) is 8.44. The summed E-state index contributed by atoms with van der Waals surface area (Å²) < 4.78 is 10.1. The summed E-state index contributed by atoms with van der Waals surface area (Å²) in [5.41, 5.74) is 0.441. The average Bonchev–Trinajstić information content (AvgIpc) is 2.21. The average molecular weight is 225 g/mol. The molecule has 5 nitrogen and oxygen atoms in total. The second kappa shape index (κ2) is 5.37. The number of carboxylic acid groups (broad SMARTS) is 1. The molecule has 6 heteroatoms. The number of carbonyl (C=O) groups is 1.